The average Bonchev–Trinajstić information content (AvgIpc) is 3.15. The van der Waals surface area contributed by atoms with E-state index in [4.69, 9.17) is 0 Å². The summed E-state index contributed by atoms with van der Waals surface area (Å²) < 4.78 is 79.9. The molecule has 0 fully saturated rings. The molecular formula is C23H16F4N2O2S. The van der Waals surface area contributed by atoms with Gasteiger partial charge in [-0.2, -0.15) is 5.10 Å². The molecule has 1 heterocycles. The fourth-order valence-electron chi connectivity index (χ4n) is 3.38. The number of hydrogen-bond acceptors (Lipinski definition) is 3. The summed E-state index contributed by atoms with van der Waals surface area (Å²) >= 11 is 0. The van der Waals surface area contributed by atoms with Crippen LogP contribution in [0.25, 0.3) is 28.1 Å². The van der Waals surface area contributed by atoms with Gasteiger partial charge >= 0.3 is 0 Å². The summed E-state index contributed by atoms with van der Waals surface area (Å²) in [6.07, 6.45) is -1.89. The standard InChI is InChI=1S/C23H16F4N2O2S/c1-32(30,31)19-12-4-15(5-13-19)22-20(14-2-6-16(24)7-3-14)21(23(26)27)28-29(22)18-10-8-17(25)9-11-18/h2-13,23H,1H3. The van der Waals surface area contributed by atoms with Crippen molar-refractivity contribution in [3.63, 3.8) is 0 Å². The Hall–Kier alpha value is -3.46. The zero-order chi connectivity index (χ0) is 23.0. The van der Waals surface area contributed by atoms with E-state index in [0.717, 1.165) is 18.4 Å². The van der Waals surface area contributed by atoms with Crippen LogP contribution < -0.4 is 0 Å². The van der Waals surface area contributed by atoms with Crippen molar-refractivity contribution in [3.8, 4) is 28.1 Å². The number of benzene rings is 3. The molecule has 0 aliphatic rings. The highest BCUT2D eigenvalue weighted by Gasteiger charge is 2.27. The zero-order valence-corrected chi connectivity index (χ0v) is 17.5. The largest absolute Gasteiger partial charge is 0.282 e. The third kappa shape index (κ3) is 4.16. The third-order valence-corrected chi connectivity index (χ3v) is 6.01. The number of hydrogen-bond donors (Lipinski definition) is 0. The zero-order valence-electron chi connectivity index (χ0n) is 16.6. The molecule has 0 atom stereocenters. The molecule has 0 amide bonds. The molecule has 0 aliphatic heterocycles. The van der Waals surface area contributed by atoms with Crippen molar-refractivity contribution in [2.24, 2.45) is 0 Å². The van der Waals surface area contributed by atoms with Gasteiger partial charge in [0.25, 0.3) is 6.43 Å². The van der Waals surface area contributed by atoms with Crippen LogP contribution >= 0.6 is 0 Å². The molecule has 0 N–H and O–H groups in total. The molecule has 3 aromatic carbocycles. The van der Waals surface area contributed by atoms with Crippen LogP contribution in [0.2, 0.25) is 0 Å². The fraction of sp³-hybridized carbons (Fsp3) is 0.0870. The Morgan fingerprint density at radius 3 is 1.78 bits per heavy atom. The number of nitrogens with zero attached hydrogens (tertiary/aromatic N) is 2. The summed E-state index contributed by atoms with van der Waals surface area (Å²) in [5.74, 6) is -1.04. The van der Waals surface area contributed by atoms with Crippen LogP contribution in [-0.2, 0) is 9.84 Å². The highest BCUT2D eigenvalue weighted by molar-refractivity contribution is 7.90. The number of rotatable bonds is 5. The van der Waals surface area contributed by atoms with Gasteiger partial charge in [-0.15, -0.1) is 0 Å². The van der Waals surface area contributed by atoms with Crippen LogP contribution in [0.3, 0.4) is 0 Å². The van der Waals surface area contributed by atoms with Crippen molar-refractivity contribution >= 4 is 9.84 Å². The Bertz CT molecular complexity index is 1360. The maximum absolute atomic E-state index is 14.0. The maximum Gasteiger partial charge on any atom is 0.282 e. The molecule has 4 aromatic rings. The van der Waals surface area contributed by atoms with Crippen LogP contribution in [0.15, 0.2) is 77.7 Å². The van der Waals surface area contributed by atoms with Crippen molar-refractivity contribution in [2.75, 3.05) is 6.26 Å². The fourth-order valence-corrected chi connectivity index (χ4v) is 4.02. The molecular weight excluding hydrogens is 444 g/mol. The minimum absolute atomic E-state index is 0.0616. The molecule has 9 heteroatoms. The van der Waals surface area contributed by atoms with Crippen molar-refractivity contribution in [1.82, 2.24) is 9.78 Å². The minimum atomic E-state index is -3.47. The summed E-state index contributed by atoms with van der Waals surface area (Å²) in [5, 5.41) is 4.09. The first kappa shape index (κ1) is 21.8. The third-order valence-electron chi connectivity index (χ3n) is 4.88. The normalized spacial score (nSPS) is 11.8. The molecule has 1 aromatic heterocycles. The Morgan fingerprint density at radius 1 is 0.781 bits per heavy atom. The van der Waals surface area contributed by atoms with Gasteiger partial charge in [0, 0.05) is 17.4 Å². The molecule has 0 saturated heterocycles. The van der Waals surface area contributed by atoms with Crippen LogP contribution in [0.4, 0.5) is 17.6 Å². The van der Waals surface area contributed by atoms with Gasteiger partial charge in [-0.05, 0) is 54.1 Å². The van der Waals surface area contributed by atoms with Crippen LogP contribution in [0.5, 0.6) is 0 Å². The van der Waals surface area contributed by atoms with Gasteiger partial charge in [-0.1, -0.05) is 24.3 Å². The van der Waals surface area contributed by atoms with E-state index in [2.05, 4.69) is 5.10 Å². The quantitative estimate of drug-likeness (QED) is 0.353. The first-order valence-electron chi connectivity index (χ1n) is 9.38. The predicted molar refractivity (Wildman–Crippen MR) is 112 cm³/mol. The van der Waals surface area contributed by atoms with Gasteiger partial charge < -0.3 is 0 Å². The van der Waals surface area contributed by atoms with Gasteiger partial charge in [0.05, 0.1) is 16.3 Å². The Labute approximate surface area is 181 Å². The van der Waals surface area contributed by atoms with Gasteiger partial charge in [-0.3, -0.25) is 0 Å². The Balaban J connectivity index is 2.04. The SMILES string of the molecule is CS(=O)(=O)c1ccc(-c2c(-c3ccc(F)cc3)c(C(F)F)nn2-c2ccc(F)cc2)cc1. The molecule has 4 nitrogen and oxygen atoms in total. The minimum Gasteiger partial charge on any atom is -0.232 e. The van der Waals surface area contributed by atoms with Crippen molar-refractivity contribution < 1.29 is 26.0 Å². The van der Waals surface area contributed by atoms with Crippen molar-refractivity contribution in [2.45, 2.75) is 11.3 Å². The lowest BCUT2D eigenvalue weighted by Crippen LogP contribution is -2.01. The smallest absolute Gasteiger partial charge is 0.232 e. The molecule has 164 valence electrons. The molecule has 0 aliphatic carbocycles. The van der Waals surface area contributed by atoms with Crippen LogP contribution in [-0.4, -0.2) is 24.5 Å². The lowest BCUT2D eigenvalue weighted by molar-refractivity contribution is 0.146. The van der Waals surface area contributed by atoms with E-state index in [1.807, 2.05) is 0 Å². The van der Waals surface area contributed by atoms with Crippen molar-refractivity contribution in [1.29, 1.82) is 0 Å². The second-order valence-corrected chi connectivity index (χ2v) is 9.12. The van der Waals surface area contributed by atoms with E-state index in [1.165, 1.54) is 65.3 Å². The molecule has 0 spiro atoms. The van der Waals surface area contributed by atoms with E-state index in [9.17, 15) is 26.0 Å². The lowest BCUT2D eigenvalue weighted by Gasteiger charge is -2.11. The van der Waals surface area contributed by atoms with Gasteiger partial charge in [0.1, 0.15) is 17.3 Å². The summed E-state index contributed by atoms with van der Waals surface area (Å²) in [4.78, 5) is 0.0616. The topological polar surface area (TPSA) is 52.0 Å². The van der Waals surface area contributed by atoms with E-state index in [1.54, 1.807) is 0 Å². The van der Waals surface area contributed by atoms with Crippen LogP contribution in [0, 0.1) is 11.6 Å². The molecule has 32 heavy (non-hydrogen) atoms. The Morgan fingerprint density at radius 2 is 1.28 bits per heavy atom. The van der Waals surface area contributed by atoms with Crippen molar-refractivity contribution in [3.05, 3.63) is 90.1 Å². The first-order valence-corrected chi connectivity index (χ1v) is 11.3. The van der Waals surface area contributed by atoms with Gasteiger partial charge in [0.15, 0.2) is 9.84 Å². The van der Waals surface area contributed by atoms with Crippen LogP contribution in [0.1, 0.15) is 12.1 Å². The molecule has 0 radical (unpaired) electrons. The Kier molecular flexibility index (Phi) is 5.60. The highest BCUT2D eigenvalue weighted by atomic mass is 32.2. The highest BCUT2D eigenvalue weighted by Crippen LogP contribution is 2.40. The number of aromatic nitrogens is 2. The molecule has 0 bridgehead atoms. The van der Waals surface area contributed by atoms with E-state index >= 15 is 0 Å². The second-order valence-electron chi connectivity index (χ2n) is 7.10. The molecule has 4 rings (SSSR count). The first-order chi connectivity index (χ1) is 15.1. The maximum atomic E-state index is 14.0. The lowest BCUT2D eigenvalue weighted by atomic mass is 9.98. The molecule has 0 unspecified atom stereocenters. The number of alkyl halides is 2. The number of halogens is 4. The average molecular weight is 460 g/mol. The van der Waals surface area contributed by atoms with E-state index in [-0.39, 0.29) is 16.2 Å². The monoisotopic (exact) mass is 460 g/mol. The summed E-state index contributed by atoms with van der Waals surface area (Å²) in [6, 6.07) is 15.8. The number of sulfone groups is 1. The second kappa shape index (κ2) is 8.23. The van der Waals surface area contributed by atoms with Gasteiger partial charge in [-0.25, -0.2) is 30.7 Å². The summed E-state index contributed by atoms with van der Waals surface area (Å²) in [7, 11) is -3.47. The summed E-state index contributed by atoms with van der Waals surface area (Å²) in [6.45, 7) is 0. The molecule has 0 saturated carbocycles. The summed E-state index contributed by atoms with van der Waals surface area (Å²) in [5.41, 5.74) is 0.791. The predicted octanol–water partition coefficient (Wildman–Crippen LogP) is 5.83. The van der Waals surface area contributed by atoms with E-state index < -0.39 is 33.6 Å². The van der Waals surface area contributed by atoms with E-state index in [0.29, 0.717) is 16.8 Å². The van der Waals surface area contributed by atoms with Gasteiger partial charge in [0.2, 0.25) is 0 Å².